The number of thiophene rings is 1. The summed E-state index contributed by atoms with van der Waals surface area (Å²) in [5.41, 5.74) is 2.51. The van der Waals surface area contributed by atoms with E-state index in [1.165, 1.54) is 21.2 Å². The van der Waals surface area contributed by atoms with Crippen LogP contribution in [0.15, 0.2) is 53.9 Å². The first-order chi connectivity index (χ1) is 10.9. The van der Waals surface area contributed by atoms with Gasteiger partial charge in [0.05, 0.1) is 6.07 Å². The molecule has 0 saturated carbocycles. The Morgan fingerprint density at radius 3 is 2.86 bits per heavy atom. The van der Waals surface area contributed by atoms with Gasteiger partial charge in [-0.2, -0.15) is 5.26 Å². The summed E-state index contributed by atoms with van der Waals surface area (Å²) in [7, 11) is 0. The summed E-state index contributed by atoms with van der Waals surface area (Å²) in [5, 5.41) is 14.4. The number of nitrogens with zero attached hydrogens (tertiary/aromatic N) is 2. The van der Waals surface area contributed by atoms with Crippen molar-refractivity contribution in [2.24, 2.45) is 0 Å². The lowest BCUT2D eigenvalue weighted by Crippen LogP contribution is -2.33. The predicted molar refractivity (Wildman–Crippen MR) is 90.7 cm³/mol. The molecule has 0 unspecified atom stereocenters. The first kappa shape index (κ1) is 13.5. The molecule has 3 heteroatoms. The van der Waals surface area contributed by atoms with Crippen LogP contribution in [0.3, 0.4) is 0 Å². The molecule has 4 rings (SSSR count). The molecule has 0 saturated heterocycles. The summed E-state index contributed by atoms with van der Waals surface area (Å²) < 4.78 is 0. The second-order valence-electron chi connectivity index (χ2n) is 5.69. The SMILES string of the molecule is N#C[C@@H](c1cccc2ccccc12)N1CCc2sccc2C1. The second-order valence-corrected chi connectivity index (χ2v) is 6.69. The van der Waals surface area contributed by atoms with E-state index in [0.717, 1.165) is 25.1 Å². The summed E-state index contributed by atoms with van der Waals surface area (Å²) >= 11 is 1.84. The Morgan fingerprint density at radius 2 is 1.95 bits per heavy atom. The van der Waals surface area contributed by atoms with E-state index < -0.39 is 0 Å². The Bertz CT molecular complexity index is 854. The highest BCUT2D eigenvalue weighted by atomic mass is 32.1. The molecule has 0 spiro atoms. The Morgan fingerprint density at radius 1 is 1.09 bits per heavy atom. The molecule has 108 valence electrons. The van der Waals surface area contributed by atoms with Crippen LogP contribution in [0.5, 0.6) is 0 Å². The van der Waals surface area contributed by atoms with Crippen LogP contribution in [0, 0.1) is 11.3 Å². The fourth-order valence-electron chi connectivity index (χ4n) is 3.33. The van der Waals surface area contributed by atoms with E-state index >= 15 is 0 Å². The van der Waals surface area contributed by atoms with Crippen molar-refractivity contribution >= 4 is 22.1 Å². The fraction of sp³-hybridized carbons (Fsp3) is 0.211. The molecule has 1 atom stereocenters. The topological polar surface area (TPSA) is 27.0 Å². The largest absolute Gasteiger partial charge is 0.280 e. The van der Waals surface area contributed by atoms with Gasteiger partial charge in [0, 0.05) is 18.0 Å². The lowest BCUT2D eigenvalue weighted by Gasteiger charge is -2.31. The molecule has 0 aliphatic carbocycles. The molecule has 0 radical (unpaired) electrons. The first-order valence-electron chi connectivity index (χ1n) is 7.53. The van der Waals surface area contributed by atoms with E-state index in [2.05, 4.69) is 52.7 Å². The lowest BCUT2D eigenvalue weighted by molar-refractivity contribution is 0.219. The highest BCUT2D eigenvalue weighted by molar-refractivity contribution is 7.10. The molecular weight excluding hydrogens is 288 g/mol. The van der Waals surface area contributed by atoms with E-state index in [9.17, 15) is 5.26 Å². The molecule has 0 amide bonds. The monoisotopic (exact) mass is 304 g/mol. The maximum Gasteiger partial charge on any atom is 0.124 e. The predicted octanol–water partition coefficient (Wildman–Crippen LogP) is 4.52. The average Bonchev–Trinajstić information content (AvgIpc) is 3.03. The zero-order valence-electron chi connectivity index (χ0n) is 12.2. The maximum absolute atomic E-state index is 9.80. The second kappa shape index (κ2) is 5.57. The van der Waals surface area contributed by atoms with Gasteiger partial charge < -0.3 is 0 Å². The van der Waals surface area contributed by atoms with Gasteiger partial charge in [0.25, 0.3) is 0 Å². The number of hydrogen-bond acceptors (Lipinski definition) is 3. The molecule has 22 heavy (non-hydrogen) atoms. The quantitative estimate of drug-likeness (QED) is 0.696. The maximum atomic E-state index is 9.80. The number of rotatable bonds is 2. The van der Waals surface area contributed by atoms with Gasteiger partial charge in [0.1, 0.15) is 6.04 Å². The van der Waals surface area contributed by atoms with Crippen molar-refractivity contribution in [1.29, 1.82) is 5.26 Å². The van der Waals surface area contributed by atoms with Gasteiger partial charge in [-0.1, -0.05) is 42.5 Å². The smallest absolute Gasteiger partial charge is 0.124 e. The molecular formula is C19H16N2S. The Hall–Kier alpha value is -2.15. The van der Waals surface area contributed by atoms with Crippen molar-refractivity contribution in [3.8, 4) is 6.07 Å². The summed E-state index contributed by atoms with van der Waals surface area (Å²) in [5.74, 6) is 0. The molecule has 2 nitrogen and oxygen atoms in total. The van der Waals surface area contributed by atoms with Crippen LogP contribution in [0.2, 0.25) is 0 Å². The van der Waals surface area contributed by atoms with Crippen molar-refractivity contribution in [3.05, 3.63) is 69.9 Å². The first-order valence-corrected chi connectivity index (χ1v) is 8.41. The van der Waals surface area contributed by atoms with Crippen LogP contribution in [-0.4, -0.2) is 11.4 Å². The highest BCUT2D eigenvalue weighted by Crippen LogP contribution is 2.33. The van der Waals surface area contributed by atoms with E-state index in [1.807, 2.05) is 23.5 Å². The third-order valence-corrected chi connectivity index (χ3v) is 5.47. The van der Waals surface area contributed by atoms with Crippen LogP contribution in [0.1, 0.15) is 22.0 Å². The van der Waals surface area contributed by atoms with E-state index in [1.54, 1.807) is 0 Å². The molecule has 0 bridgehead atoms. The summed E-state index contributed by atoms with van der Waals surface area (Å²) in [6.07, 6.45) is 1.05. The summed E-state index contributed by atoms with van der Waals surface area (Å²) in [6, 6.07) is 19.1. The van der Waals surface area contributed by atoms with E-state index in [0.29, 0.717) is 0 Å². The third kappa shape index (κ3) is 2.21. The van der Waals surface area contributed by atoms with Gasteiger partial charge in [0.2, 0.25) is 0 Å². The van der Waals surface area contributed by atoms with Gasteiger partial charge in [-0.15, -0.1) is 11.3 Å². The average molecular weight is 304 g/mol. The van der Waals surface area contributed by atoms with Crippen molar-refractivity contribution in [1.82, 2.24) is 4.90 Å². The molecule has 0 fully saturated rings. The zero-order chi connectivity index (χ0) is 14.9. The molecule has 3 aromatic rings. The van der Waals surface area contributed by atoms with Crippen LogP contribution >= 0.6 is 11.3 Å². The number of benzene rings is 2. The molecule has 1 aliphatic rings. The van der Waals surface area contributed by atoms with Gasteiger partial charge >= 0.3 is 0 Å². The minimum Gasteiger partial charge on any atom is -0.280 e. The van der Waals surface area contributed by atoms with Gasteiger partial charge in [-0.3, -0.25) is 4.90 Å². The molecule has 1 aliphatic heterocycles. The highest BCUT2D eigenvalue weighted by Gasteiger charge is 2.26. The molecule has 2 aromatic carbocycles. The van der Waals surface area contributed by atoms with Crippen molar-refractivity contribution < 1.29 is 0 Å². The van der Waals surface area contributed by atoms with Crippen LogP contribution in [0.25, 0.3) is 10.8 Å². The standard InChI is InChI=1S/C19H16N2S/c20-12-18(21-10-8-19-15(13-21)9-11-22-19)17-7-3-5-14-4-1-2-6-16(14)17/h1-7,9,11,18H,8,10,13H2/t18-/m0/s1. The number of hydrogen-bond donors (Lipinski definition) is 0. The Labute approximate surface area is 134 Å². The molecule has 1 aromatic heterocycles. The zero-order valence-corrected chi connectivity index (χ0v) is 13.0. The summed E-state index contributed by atoms with van der Waals surface area (Å²) in [6.45, 7) is 1.83. The fourth-order valence-corrected chi connectivity index (χ4v) is 4.22. The Kier molecular flexibility index (Phi) is 3.42. The van der Waals surface area contributed by atoms with Crippen LogP contribution in [0.4, 0.5) is 0 Å². The number of fused-ring (bicyclic) bond motifs is 2. The Balaban J connectivity index is 1.75. The van der Waals surface area contributed by atoms with Gasteiger partial charge in [0.15, 0.2) is 0 Å². The number of nitriles is 1. The van der Waals surface area contributed by atoms with Crippen molar-refractivity contribution in [2.45, 2.75) is 19.0 Å². The van der Waals surface area contributed by atoms with Crippen molar-refractivity contribution in [2.75, 3.05) is 6.54 Å². The minimum atomic E-state index is -0.181. The lowest BCUT2D eigenvalue weighted by atomic mass is 9.97. The van der Waals surface area contributed by atoms with Crippen LogP contribution in [-0.2, 0) is 13.0 Å². The van der Waals surface area contributed by atoms with Crippen molar-refractivity contribution in [3.63, 3.8) is 0 Å². The molecule has 0 N–H and O–H groups in total. The van der Waals surface area contributed by atoms with Crippen LogP contribution < -0.4 is 0 Å². The van der Waals surface area contributed by atoms with E-state index in [-0.39, 0.29) is 6.04 Å². The van der Waals surface area contributed by atoms with E-state index in [4.69, 9.17) is 0 Å². The van der Waals surface area contributed by atoms with Gasteiger partial charge in [-0.25, -0.2) is 0 Å². The van der Waals surface area contributed by atoms with Gasteiger partial charge in [-0.05, 0) is 39.8 Å². The summed E-state index contributed by atoms with van der Waals surface area (Å²) in [4.78, 5) is 3.78. The third-order valence-electron chi connectivity index (χ3n) is 4.44. The normalized spacial score (nSPS) is 16.1. The molecule has 2 heterocycles. The minimum absolute atomic E-state index is 0.181.